The zero-order valence-electron chi connectivity index (χ0n) is 10.9. The highest BCUT2D eigenvalue weighted by atomic mass is 16.5. The molecular weight excluding hydrogens is 258 g/mol. The smallest absolute Gasteiger partial charge is 0.340 e. The lowest BCUT2D eigenvalue weighted by atomic mass is 10.1. The van der Waals surface area contributed by atoms with Crippen LogP contribution in [0, 0.1) is 6.92 Å². The van der Waals surface area contributed by atoms with E-state index in [0.29, 0.717) is 6.29 Å². The van der Waals surface area contributed by atoms with Crippen molar-refractivity contribution in [3.8, 4) is 5.75 Å². The van der Waals surface area contributed by atoms with Crippen molar-refractivity contribution in [2.24, 2.45) is 0 Å². The first kappa shape index (κ1) is 13.7. The molecule has 2 aromatic rings. The lowest BCUT2D eigenvalue weighted by Gasteiger charge is -2.08. The van der Waals surface area contributed by atoms with Crippen molar-refractivity contribution in [1.29, 1.82) is 0 Å². The van der Waals surface area contributed by atoms with E-state index in [1.54, 1.807) is 6.92 Å². The van der Waals surface area contributed by atoms with Crippen LogP contribution in [0.1, 0.15) is 32.0 Å². The molecule has 2 rings (SSSR count). The van der Waals surface area contributed by atoms with Crippen molar-refractivity contribution < 1.29 is 19.4 Å². The lowest BCUT2D eigenvalue weighted by Crippen LogP contribution is -2.09. The van der Waals surface area contributed by atoms with E-state index >= 15 is 0 Å². The summed E-state index contributed by atoms with van der Waals surface area (Å²) in [6.45, 7) is 1.63. The molecule has 0 radical (unpaired) electrons. The highest BCUT2D eigenvalue weighted by Gasteiger charge is 2.18. The van der Waals surface area contributed by atoms with E-state index in [-0.39, 0.29) is 29.2 Å². The number of carbonyl (C=O) groups excluding carboxylic acids is 2. The number of ether oxygens (including phenoxy) is 1. The Labute approximate surface area is 115 Å². The molecule has 20 heavy (non-hydrogen) atoms. The molecule has 102 valence electrons. The zero-order chi connectivity index (χ0) is 14.5. The van der Waals surface area contributed by atoms with E-state index in [2.05, 4.69) is 4.98 Å². The second-order valence-electron chi connectivity index (χ2n) is 4.20. The second-order valence-corrected chi connectivity index (χ2v) is 4.20. The van der Waals surface area contributed by atoms with Crippen LogP contribution < -0.4 is 0 Å². The van der Waals surface area contributed by atoms with Crippen LogP contribution >= 0.6 is 0 Å². The van der Waals surface area contributed by atoms with Crippen LogP contribution in [0.4, 0.5) is 0 Å². The minimum absolute atomic E-state index is 0.0426. The van der Waals surface area contributed by atoms with Crippen LogP contribution in [0.3, 0.4) is 0 Å². The summed E-state index contributed by atoms with van der Waals surface area (Å²) in [4.78, 5) is 26.8. The fourth-order valence-electron chi connectivity index (χ4n) is 1.70. The quantitative estimate of drug-likeness (QED) is 0.681. The maximum Gasteiger partial charge on any atom is 0.340 e. The first-order chi connectivity index (χ1) is 9.63. The number of hydrogen-bond donors (Lipinski definition) is 1. The normalized spacial score (nSPS) is 10.1. The third-order valence-electron chi connectivity index (χ3n) is 2.83. The number of aryl methyl sites for hydroxylation is 1. The van der Waals surface area contributed by atoms with Crippen molar-refractivity contribution in [2.75, 3.05) is 0 Å². The van der Waals surface area contributed by atoms with Gasteiger partial charge in [-0.2, -0.15) is 0 Å². The molecule has 0 saturated carbocycles. The van der Waals surface area contributed by atoms with E-state index < -0.39 is 5.97 Å². The highest BCUT2D eigenvalue weighted by molar-refractivity contribution is 5.99. The molecule has 0 saturated heterocycles. The predicted octanol–water partition coefficient (Wildman–Crippen LogP) is 2.27. The Morgan fingerprint density at radius 2 is 2.05 bits per heavy atom. The monoisotopic (exact) mass is 271 g/mol. The van der Waals surface area contributed by atoms with Gasteiger partial charge in [0, 0.05) is 6.20 Å². The van der Waals surface area contributed by atoms with Crippen LogP contribution in [0.25, 0.3) is 0 Å². The van der Waals surface area contributed by atoms with Gasteiger partial charge >= 0.3 is 5.97 Å². The molecule has 0 spiro atoms. The van der Waals surface area contributed by atoms with Gasteiger partial charge in [-0.05, 0) is 12.5 Å². The Hall–Kier alpha value is -2.69. The lowest BCUT2D eigenvalue weighted by molar-refractivity contribution is 0.0469. The zero-order valence-corrected chi connectivity index (χ0v) is 10.9. The minimum atomic E-state index is -0.696. The number of pyridine rings is 1. The van der Waals surface area contributed by atoms with E-state index in [0.717, 1.165) is 5.56 Å². The SMILES string of the molecule is Cc1ncc(C(=O)OCc2ccccc2)c(C=O)c1O. The van der Waals surface area contributed by atoms with Gasteiger partial charge < -0.3 is 9.84 Å². The average molecular weight is 271 g/mol. The Morgan fingerprint density at radius 1 is 1.35 bits per heavy atom. The van der Waals surface area contributed by atoms with Gasteiger partial charge in [-0.3, -0.25) is 9.78 Å². The first-order valence-corrected chi connectivity index (χ1v) is 5.98. The molecule has 5 nitrogen and oxygen atoms in total. The van der Waals surface area contributed by atoms with Gasteiger partial charge in [0.2, 0.25) is 0 Å². The second kappa shape index (κ2) is 5.97. The summed E-state index contributed by atoms with van der Waals surface area (Å²) < 4.78 is 5.10. The number of aldehydes is 1. The third kappa shape index (κ3) is 2.83. The van der Waals surface area contributed by atoms with Crippen molar-refractivity contribution in [3.63, 3.8) is 0 Å². The maximum atomic E-state index is 11.9. The Morgan fingerprint density at radius 3 is 2.70 bits per heavy atom. The molecule has 0 amide bonds. The Kier molecular flexibility index (Phi) is 4.10. The number of aromatic hydroxyl groups is 1. The molecule has 0 unspecified atom stereocenters. The van der Waals surface area contributed by atoms with E-state index in [1.165, 1.54) is 6.20 Å². The predicted molar refractivity (Wildman–Crippen MR) is 71.6 cm³/mol. The number of hydrogen-bond acceptors (Lipinski definition) is 5. The molecule has 1 heterocycles. The summed E-state index contributed by atoms with van der Waals surface area (Å²) in [5.74, 6) is -0.993. The fourth-order valence-corrected chi connectivity index (χ4v) is 1.70. The summed E-state index contributed by atoms with van der Waals surface area (Å²) in [7, 11) is 0. The molecule has 0 fully saturated rings. The number of benzene rings is 1. The third-order valence-corrected chi connectivity index (χ3v) is 2.83. The number of nitrogens with zero attached hydrogens (tertiary/aromatic N) is 1. The van der Waals surface area contributed by atoms with Crippen LogP contribution in [-0.4, -0.2) is 22.3 Å². The van der Waals surface area contributed by atoms with Gasteiger partial charge in [0.1, 0.15) is 12.4 Å². The average Bonchev–Trinajstić information content (AvgIpc) is 2.48. The standard InChI is InChI=1S/C15H13NO4/c1-10-14(18)13(8-17)12(7-16-10)15(19)20-9-11-5-3-2-4-6-11/h2-8,18H,9H2,1H3. The van der Waals surface area contributed by atoms with Gasteiger partial charge in [-0.15, -0.1) is 0 Å². The molecule has 5 heteroatoms. The molecular formula is C15H13NO4. The van der Waals surface area contributed by atoms with Crippen molar-refractivity contribution in [2.45, 2.75) is 13.5 Å². The summed E-state index contributed by atoms with van der Waals surface area (Å²) in [5, 5.41) is 9.71. The molecule has 0 aliphatic carbocycles. The van der Waals surface area contributed by atoms with Crippen LogP contribution in [0.5, 0.6) is 5.75 Å². The molecule has 1 N–H and O–H groups in total. The summed E-state index contributed by atoms with van der Waals surface area (Å²) >= 11 is 0. The minimum Gasteiger partial charge on any atom is -0.505 e. The Balaban J connectivity index is 2.18. The number of esters is 1. The maximum absolute atomic E-state index is 11.9. The van der Waals surface area contributed by atoms with E-state index in [1.807, 2.05) is 30.3 Å². The molecule has 0 bridgehead atoms. The summed E-state index contributed by atoms with van der Waals surface area (Å²) in [6, 6.07) is 9.16. The molecule has 0 aliphatic heterocycles. The van der Waals surface area contributed by atoms with Crippen LogP contribution in [-0.2, 0) is 11.3 Å². The molecule has 1 aromatic heterocycles. The van der Waals surface area contributed by atoms with Crippen LogP contribution in [0.15, 0.2) is 36.5 Å². The van der Waals surface area contributed by atoms with Crippen molar-refractivity contribution in [3.05, 3.63) is 58.9 Å². The fraction of sp³-hybridized carbons (Fsp3) is 0.133. The van der Waals surface area contributed by atoms with Crippen molar-refractivity contribution >= 4 is 12.3 Å². The summed E-state index contributed by atoms with van der Waals surface area (Å²) in [5.41, 5.74) is 0.971. The number of carbonyl (C=O) groups is 2. The van der Waals surface area contributed by atoms with Crippen molar-refractivity contribution in [1.82, 2.24) is 4.98 Å². The molecule has 0 atom stereocenters. The topological polar surface area (TPSA) is 76.5 Å². The van der Waals surface area contributed by atoms with Gasteiger partial charge in [0.25, 0.3) is 0 Å². The van der Waals surface area contributed by atoms with Gasteiger partial charge in [-0.25, -0.2) is 4.79 Å². The van der Waals surface area contributed by atoms with Crippen LogP contribution in [0.2, 0.25) is 0 Å². The highest BCUT2D eigenvalue weighted by Crippen LogP contribution is 2.22. The van der Waals surface area contributed by atoms with E-state index in [4.69, 9.17) is 4.74 Å². The molecule has 0 aliphatic rings. The largest absolute Gasteiger partial charge is 0.505 e. The number of aromatic nitrogens is 1. The van der Waals surface area contributed by atoms with Gasteiger partial charge in [0.15, 0.2) is 6.29 Å². The van der Waals surface area contributed by atoms with E-state index in [9.17, 15) is 14.7 Å². The number of rotatable bonds is 4. The summed E-state index contributed by atoms with van der Waals surface area (Å²) in [6.07, 6.45) is 1.65. The Bertz CT molecular complexity index is 638. The molecule has 1 aromatic carbocycles. The van der Waals surface area contributed by atoms with Gasteiger partial charge in [-0.1, -0.05) is 30.3 Å². The first-order valence-electron chi connectivity index (χ1n) is 5.98. The van der Waals surface area contributed by atoms with Gasteiger partial charge in [0.05, 0.1) is 16.8 Å².